The predicted molar refractivity (Wildman–Crippen MR) is 146 cm³/mol. The molecule has 3 aromatic carbocycles. The third-order valence-corrected chi connectivity index (χ3v) is 4.66. The van der Waals surface area contributed by atoms with Crippen LogP contribution in [0.15, 0.2) is 72.8 Å². The number of carbonyl (C=O) groups excluding carboxylic acids is 1. The van der Waals surface area contributed by atoms with Crippen molar-refractivity contribution in [3.8, 4) is 11.8 Å². The van der Waals surface area contributed by atoms with E-state index < -0.39 is 0 Å². The largest absolute Gasteiger partial charge is 0.300 e. The molecule has 0 N–H and O–H groups in total. The lowest BCUT2D eigenvalue weighted by Gasteiger charge is -1.90. The summed E-state index contributed by atoms with van der Waals surface area (Å²) in [5.41, 5.74) is 7.98. The van der Waals surface area contributed by atoms with Gasteiger partial charge in [0.2, 0.25) is 0 Å². The van der Waals surface area contributed by atoms with Crippen molar-refractivity contribution in [2.24, 2.45) is 0 Å². The number of hydrogen-bond donors (Lipinski definition) is 0. The van der Waals surface area contributed by atoms with Crippen LogP contribution >= 0.6 is 0 Å². The van der Waals surface area contributed by atoms with E-state index in [0.717, 1.165) is 12.8 Å². The number of benzene rings is 3. The fraction of sp³-hybridized carbons (Fsp3) is 0.344. The van der Waals surface area contributed by atoms with Crippen molar-refractivity contribution in [3.05, 3.63) is 106 Å². The number of aryl methyl sites for hydroxylation is 6. The normalized spacial score (nSPS) is 8.85. The molecule has 3 rings (SSSR count). The van der Waals surface area contributed by atoms with E-state index in [1.54, 1.807) is 6.92 Å². The molecule has 0 unspecified atom stereocenters. The number of rotatable bonds is 3. The van der Waals surface area contributed by atoms with Crippen molar-refractivity contribution in [2.45, 2.75) is 74.7 Å². The van der Waals surface area contributed by atoms with E-state index in [0.29, 0.717) is 6.42 Å². The Labute approximate surface area is 203 Å². The lowest BCUT2D eigenvalue weighted by Crippen LogP contribution is -1.87. The molecule has 1 nitrogen and oxygen atoms in total. The summed E-state index contributed by atoms with van der Waals surface area (Å²) in [4.78, 5) is 10.4. The second kappa shape index (κ2) is 18.5. The van der Waals surface area contributed by atoms with Crippen LogP contribution in [0.5, 0.6) is 0 Å². The summed E-state index contributed by atoms with van der Waals surface area (Å²) >= 11 is 0. The smallest absolute Gasteiger partial charge is 0.129 e. The summed E-state index contributed by atoms with van der Waals surface area (Å²) in [5.74, 6) is 5.94. The number of ketones is 1. The Bertz CT molecular complexity index is 784. The van der Waals surface area contributed by atoms with Crippen LogP contribution in [0.4, 0.5) is 0 Å². The van der Waals surface area contributed by atoms with Gasteiger partial charge >= 0.3 is 0 Å². The van der Waals surface area contributed by atoms with Crippen molar-refractivity contribution < 1.29 is 4.79 Å². The quantitative estimate of drug-likeness (QED) is 0.293. The van der Waals surface area contributed by atoms with Crippen LogP contribution in [0.2, 0.25) is 0 Å². The Morgan fingerprint density at radius 3 is 1.00 bits per heavy atom. The Balaban J connectivity index is 0.000000414. The van der Waals surface area contributed by atoms with E-state index in [1.807, 2.05) is 6.92 Å². The zero-order valence-corrected chi connectivity index (χ0v) is 22.0. The van der Waals surface area contributed by atoms with Gasteiger partial charge in [0.25, 0.3) is 0 Å². The summed E-state index contributed by atoms with van der Waals surface area (Å²) in [5, 5.41) is 0. The molecule has 1 heteroatoms. The number of carbonyl (C=O) groups is 1. The van der Waals surface area contributed by atoms with Gasteiger partial charge in [-0.3, -0.25) is 0 Å². The van der Waals surface area contributed by atoms with Crippen LogP contribution in [-0.4, -0.2) is 5.78 Å². The van der Waals surface area contributed by atoms with Crippen molar-refractivity contribution in [1.82, 2.24) is 0 Å². The minimum absolute atomic E-state index is 0.257. The van der Waals surface area contributed by atoms with Crippen molar-refractivity contribution >= 4 is 5.78 Å². The molecular formula is C32H42O. The van der Waals surface area contributed by atoms with Crippen LogP contribution in [0, 0.1) is 53.4 Å². The summed E-state index contributed by atoms with van der Waals surface area (Å²) in [6, 6.07) is 25.4. The summed E-state index contributed by atoms with van der Waals surface area (Å²) < 4.78 is 0. The van der Waals surface area contributed by atoms with E-state index in [4.69, 9.17) is 0 Å². The van der Waals surface area contributed by atoms with E-state index in [1.165, 1.54) is 33.4 Å². The third kappa shape index (κ3) is 19.3. The minimum atomic E-state index is 0.257. The fourth-order valence-electron chi connectivity index (χ4n) is 2.46. The van der Waals surface area contributed by atoms with Gasteiger partial charge in [-0.15, -0.1) is 11.8 Å². The van der Waals surface area contributed by atoms with E-state index in [2.05, 4.69) is 126 Å². The maximum atomic E-state index is 10.4. The summed E-state index contributed by atoms with van der Waals surface area (Å²) in [7, 11) is 0. The standard InChI is InChI=1S/C8H12O.3C8H10/c1-3-4-5-6-7-8(2)9;3*1-7-3-5-8(2)6-4-7/h5-7H2,1-2H3;3*3-6H,1-2H3. The van der Waals surface area contributed by atoms with Gasteiger partial charge in [-0.25, -0.2) is 0 Å². The molecule has 0 atom stereocenters. The van der Waals surface area contributed by atoms with Crippen molar-refractivity contribution in [2.75, 3.05) is 0 Å². The molecule has 0 aliphatic carbocycles. The molecule has 0 spiro atoms. The maximum Gasteiger partial charge on any atom is 0.129 e. The Morgan fingerprint density at radius 2 is 0.818 bits per heavy atom. The monoisotopic (exact) mass is 442 g/mol. The van der Waals surface area contributed by atoms with Crippen LogP contribution < -0.4 is 0 Å². The first-order valence-corrected chi connectivity index (χ1v) is 11.6. The topological polar surface area (TPSA) is 17.1 Å². The highest BCUT2D eigenvalue weighted by atomic mass is 16.1. The van der Waals surface area contributed by atoms with Gasteiger partial charge in [-0.1, -0.05) is 106 Å². The highest BCUT2D eigenvalue weighted by Crippen LogP contribution is 2.01. The molecule has 0 fully saturated rings. The van der Waals surface area contributed by atoms with Crippen LogP contribution in [0.3, 0.4) is 0 Å². The first-order valence-electron chi connectivity index (χ1n) is 11.6. The second-order valence-electron chi connectivity index (χ2n) is 8.45. The van der Waals surface area contributed by atoms with E-state index >= 15 is 0 Å². The summed E-state index contributed by atoms with van der Waals surface area (Å²) in [6.45, 7) is 16.0. The van der Waals surface area contributed by atoms with Gasteiger partial charge in [-0.05, 0) is 61.8 Å². The molecule has 0 saturated heterocycles. The van der Waals surface area contributed by atoms with Crippen molar-refractivity contribution in [1.29, 1.82) is 0 Å². The Kier molecular flexibility index (Phi) is 16.7. The SMILES string of the molecule is CC#CCCCC(C)=O.Cc1ccc(C)cc1.Cc1ccc(C)cc1.Cc1ccc(C)cc1. The van der Waals surface area contributed by atoms with Gasteiger partial charge in [0.15, 0.2) is 0 Å². The zero-order chi connectivity index (χ0) is 25.1. The van der Waals surface area contributed by atoms with Gasteiger partial charge in [0.1, 0.15) is 5.78 Å². The fourth-order valence-corrected chi connectivity index (χ4v) is 2.46. The number of unbranched alkanes of at least 4 members (excludes halogenated alkanes) is 1. The summed E-state index contributed by atoms with van der Waals surface area (Å²) in [6.07, 6.45) is 2.45. The minimum Gasteiger partial charge on any atom is -0.300 e. The highest BCUT2D eigenvalue weighted by molar-refractivity contribution is 5.75. The highest BCUT2D eigenvalue weighted by Gasteiger charge is 1.89. The van der Waals surface area contributed by atoms with Crippen LogP contribution in [-0.2, 0) is 4.79 Å². The molecule has 0 saturated carbocycles. The van der Waals surface area contributed by atoms with Crippen molar-refractivity contribution in [3.63, 3.8) is 0 Å². The Hall–Kier alpha value is -3.11. The molecule has 0 aliphatic rings. The predicted octanol–water partition coefficient (Wildman–Crippen LogP) is 8.68. The van der Waals surface area contributed by atoms with E-state index in [-0.39, 0.29) is 5.78 Å². The van der Waals surface area contributed by atoms with Crippen LogP contribution in [0.1, 0.15) is 66.5 Å². The molecule has 0 heterocycles. The lowest BCUT2D eigenvalue weighted by atomic mass is 10.2. The maximum absolute atomic E-state index is 10.4. The molecule has 3 aromatic rings. The molecule has 0 aromatic heterocycles. The molecule has 33 heavy (non-hydrogen) atoms. The third-order valence-electron chi connectivity index (χ3n) is 4.66. The average molecular weight is 443 g/mol. The van der Waals surface area contributed by atoms with Gasteiger partial charge in [0, 0.05) is 12.8 Å². The molecule has 0 aliphatic heterocycles. The molecule has 0 bridgehead atoms. The number of Topliss-reactive ketones (excluding diaryl/α,β-unsaturated/α-hetero) is 1. The van der Waals surface area contributed by atoms with Gasteiger partial charge in [0.05, 0.1) is 0 Å². The second-order valence-corrected chi connectivity index (χ2v) is 8.45. The Morgan fingerprint density at radius 1 is 0.576 bits per heavy atom. The molecular weight excluding hydrogens is 400 g/mol. The first kappa shape index (κ1) is 29.9. The van der Waals surface area contributed by atoms with Gasteiger partial charge in [-0.2, -0.15) is 0 Å². The van der Waals surface area contributed by atoms with Crippen LogP contribution in [0.25, 0.3) is 0 Å². The van der Waals surface area contributed by atoms with E-state index in [9.17, 15) is 4.79 Å². The molecule has 0 amide bonds. The lowest BCUT2D eigenvalue weighted by molar-refractivity contribution is -0.117. The first-order chi connectivity index (χ1) is 15.6. The zero-order valence-electron chi connectivity index (χ0n) is 22.0. The van der Waals surface area contributed by atoms with Gasteiger partial charge < -0.3 is 4.79 Å². The molecule has 176 valence electrons. The molecule has 0 radical (unpaired) electrons. The number of hydrogen-bond acceptors (Lipinski definition) is 1. The average Bonchev–Trinajstić information content (AvgIpc) is 2.79.